The molecule has 0 heterocycles. The molecule has 0 saturated carbocycles. The zero-order chi connectivity index (χ0) is 18.2. The molecule has 132 valence electrons. The monoisotopic (exact) mass is 339 g/mol. The summed E-state index contributed by atoms with van der Waals surface area (Å²) in [6.45, 7) is 4.84. The highest BCUT2D eigenvalue weighted by Gasteiger charge is 2.16. The van der Waals surface area contributed by atoms with Crippen LogP contribution < -0.4 is 16.4 Å². The molecule has 1 atom stereocenters. The third kappa shape index (κ3) is 5.16. The van der Waals surface area contributed by atoms with E-state index >= 15 is 0 Å². The molecule has 0 fully saturated rings. The number of anilines is 1. The normalized spacial score (nSPS) is 11.6. The molecule has 2 amide bonds. The third-order valence-corrected chi connectivity index (χ3v) is 4.09. The molecular weight excluding hydrogens is 314 g/mol. The van der Waals surface area contributed by atoms with Crippen LogP contribution >= 0.6 is 0 Å². The van der Waals surface area contributed by atoms with Gasteiger partial charge in [0.15, 0.2) is 0 Å². The highest BCUT2D eigenvalue weighted by atomic mass is 16.2. The molecule has 0 aliphatic rings. The van der Waals surface area contributed by atoms with Gasteiger partial charge in [0.25, 0.3) is 5.91 Å². The summed E-state index contributed by atoms with van der Waals surface area (Å²) in [5, 5.41) is 5.58. The Bertz CT molecular complexity index is 743. The first-order valence-corrected chi connectivity index (χ1v) is 8.45. The molecule has 2 aromatic rings. The van der Waals surface area contributed by atoms with Crippen molar-refractivity contribution in [1.82, 2.24) is 5.32 Å². The van der Waals surface area contributed by atoms with E-state index in [1.54, 1.807) is 24.3 Å². The average molecular weight is 339 g/mol. The zero-order valence-corrected chi connectivity index (χ0v) is 14.7. The topological polar surface area (TPSA) is 84.2 Å². The Hall–Kier alpha value is -2.66. The van der Waals surface area contributed by atoms with Crippen molar-refractivity contribution in [2.24, 2.45) is 5.73 Å². The maximum atomic E-state index is 12.4. The Morgan fingerprint density at radius 2 is 1.76 bits per heavy atom. The lowest BCUT2D eigenvalue weighted by molar-refractivity contribution is -0.116. The van der Waals surface area contributed by atoms with Crippen LogP contribution in [0.1, 0.15) is 40.7 Å². The number of carbonyl (C=O) groups excluding carboxylic acids is 2. The number of carbonyl (C=O) groups is 2. The van der Waals surface area contributed by atoms with Crippen molar-refractivity contribution in [2.75, 3.05) is 18.4 Å². The van der Waals surface area contributed by atoms with Gasteiger partial charge in [-0.1, -0.05) is 43.3 Å². The molecule has 2 aromatic carbocycles. The van der Waals surface area contributed by atoms with Gasteiger partial charge in [-0.25, -0.2) is 0 Å². The first kappa shape index (κ1) is 18.7. The number of amides is 2. The Balaban J connectivity index is 2.06. The van der Waals surface area contributed by atoms with Crippen LogP contribution in [-0.2, 0) is 4.79 Å². The van der Waals surface area contributed by atoms with E-state index in [9.17, 15) is 9.59 Å². The van der Waals surface area contributed by atoms with Crippen LogP contribution in [0, 0.1) is 6.92 Å². The SMILES string of the molecule is Cc1ccccc1C(C)CC(=O)Nc1ccccc1C(=O)NCCN. The molecule has 1 unspecified atom stereocenters. The molecule has 0 aliphatic heterocycles. The zero-order valence-electron chi connectivity index (χ0n) is 14.7. The van der Waals surface area contributed by atoms with E-state index in [2.05, 4.69) is 10.6 Å². The first-order chi connectivity index (χ1) is 12.0. The van der Waals surface area contributed by atoms with Crippen LogP contribution in [0.25, 0.3) is 0 Å². The van der Waals surface area contributed by atoms with E-state index in [0.29, 0.717) is 30.8 Å². The molecule has 5 nitrogen and oxygen atoms in total. The van der Waals surface area contributed by atoms with Gasteiger partial charge >= 0.3 is 0 Å². The quantitative estimate of drug-likeness (QED) is 0.725. The number of hydrogen-bond donors (Lipinski definition) is 3. The smallest absolute Gasteiger partial charge is 0.253 e. The van der Waals surface area contributed by atoms with Crippen molar-refractivity contribution in [3.05, 3.63) is 65.2 Å². The van der Waals surface area contributed by atoms with Crippen LogP contribution in [0.3, 0.4) is 0 Å². The lowest BCUT2D eigenvalue weighted by Crippen LogP contribution is -2.30. The highest BCUT2D eigenvalue weighted by Crippen LogP contribution is 2.23. The van der Waals surface area contributed by atoms with Crippen LogP contribution in [0.2, 0.25) is 0 Å². The first-order valence-electron chi connectivity index (χ1n) is 8.45. The summed E-state index contributed by atoms with van der Waals surface area (Å²) in [6.07, 6.45) is 0.351. The van der Waals surface area contributed by atoms with Crippen LogP contribution in [0.15, 0.2) is 48.5 Å². The Morgan fingerprint density at radius 1 is 1.08 bits per heavy atom. The number of rotatable bonds is 7. The second-order valence-electron chi connectivity index (χ2n) is 6.10. The van der Waals surface area contributed by atoms with Gasteiger partial charge in [-0.05, 0) is 36.1 Å². The van der Waals surface area contributed by atoms with Gasteiger partial charge in [0.2, 0.25) is 5.91 Å². The number of hydrogen-bond acceptors (Lipinski definition) is 3. The van der Waals surface area contributed by atoms with Crippen molar-refractivity contribution in [3.63, 3.8) is 0 Å². The van der Waals surface area contributed by atoms with E-state index in [-0.39, 0.29) is 17.7 Å². The Kier molecular flexibility index (Phi) is 6.71. The minimum atomic E-state index is -0.242. The Labute approximate surface area is 148 Å². The van der Waals surface area contributed by atoms with Gasteiger partial charge in [-0.2, -0.15) is 0 Å². The minimum absolute atomic E-state index is 0.0967. The van der Waals surface area contributed by atoms with Gasteiger partial charge < -0.3 is 16.4 Å². The number of benzene rings is 2. The van der Waals surface area contributed by atoms with Gasteiger partial charge in [0, 0.05) is 19.5 Å². The molecule has 0 spiro atoms. The molecule has 0 aromatic heterocycles. The maximum Gasteiger partial charge on any atom is 0.253 e. The predicted octanol–water partition coefficient (Wildman–Crippen LogP) is 2.82. The number of para-hydroxylation sites is 1. The number of nitrogens with one attached hydrogen (secondary N) is 2. The molecule has 0 bridgehead atoms. The number of nitrogens with two attached hydrogens (primary N) is 1. The summed E-state index contributed by atoms with van der Waals surface area (Å²) in [6, 6.07) is 15.0. The van der Waals surface area contributed by atoms with Crippen molar-refractivity contribution >= 4 is 17.5 Å². The van der Waals surface area contributed by atoms with Gasteiger partial charge in [-0.15, -0.1) is 0 Å². The summed E-state index contributed by atoms with van der Waals surface area (Å²) in [5.41, 5.74) is 8.69. The van der Waals surface area contributed by atoms with Gasteiger partial charge in [0.05, 0.1) is 11.3 Å². The van der Waals surface area contributed by atoms with E-state index in [1.807, 2.05) is 38.1 Å². The largest absolute Gasteiger partial charge is 0.351 e. The van der Waals surface area contributed by atoms with Crippen LogP contribution in [-0.4, -0.2) is 24.9 Å². The van der Waals surface area contributed by atoms with Gasteiger partial charge in [0.1, 0.15) is 0 Å². The lowest BCUT2D eigenvalue weighted by atomic mass is 9.93. The van der Waals surface area contributed by atoms with E-state index < -0.39 is 0 Å². The molecule has 4 N–H and O–H groups in total. The maximum absolute atomic E-state index is 12.4. The second-order valence-corrected chi connectivity index (χ2v) is 6.10. The third-order valence-electron chi connectivity index (χ3n) is 4.09. The Morgan fingerprint density at radius 3 is 2.48 bits per heavy atom. The lowest BCUT2D eigenvalue weighted by Gasteiger charge is -2.16. The second kappa shape index (κ2) is 8.99. The fourth-order valence-electron chi connectivity index (χ4n) is 2.80. The van der Waals surface area contributed by atoms with Crippen molar-refractivity contribution in [1.29, 1.82) is 0 Å². The van der Waals surface area contributed by atoms with Crippen molar-refractivity contribution in [2.45, 2.75) is 26.2 Å². The van der Waals surface area contributed by atoms with Gasteiger partial charge in [-0.3, -0.25) is 9.59 Å². The minimum Gasteiger partial charge on any atom is -0.351 e. The standard InChI is InChI=1S/C20H25N3O2/c1-14-7-3-4-8-16(14)15(2)13-19(24)23-18-10-6-5-9-17(18)20(25)22-12-11-21/h3-10,15H,11-13,21H2,1-2H3,(H,22,25)(H,23,24). The fraction of sp³-hybridized carbons (Fsp3) is 0.300. The molecule has 2 rings (SSSR count). The molecule has 25 heavy (non-hydrogen) atoms. The average Bonchev–Trinajstić information content (AvgIpc) is 2.60. The summed E-state index contributed by atoms with van der Waals surface area (Å²) >= 11 is 0. The summed E-state index contributed by atoms with van der Waals surface area (Å²) < 4.78 is 0. The molecule has 0 aliphatic carbocycles. The highest BCUT2D eigenvalue weighted by molar-refractivity contribution is 6.03. The predicted molar refractivity (Wildman–Crippen MR) is 101 cm³/mol. The van der Waals surface area contributed by atoms with Crippen LogP contribution in [0.5, 0.6) is 0 Å². The summed E-state index contributed by atoms with van der Waals surface area (Å²) in [4.78, 5) is 24.6. The molecule has 5 heteroatoms. The van der Waals surface area contributed by atoms with Crippen molar-refractivity contribution < 1.29 is 9.59 Å². The van der Waals surface area contributed by atoms with Crippen molar-refractivity contribution in [3.8, 4) is 0 Å². The number of aryl methyl sites for hydroxylation is 1. The molecule has 0 saturated heterocycles. The summed E-state index contributed by atoms with van der Waals surface area (Å²) in [7, 11) is 0. The van der Waals surface area contributed by atoms with E-state index in [0.717, 1.165) is 5.56 Å². The molecule has 0 radical (unpaired) electrons. The van der Waals surface area contributed by atoms with E-state index in [4.69, 9.17) is 5.73 Å². The van der Waals surface area contributed by atoms with Crippen LogP contribution in [0.4, 0.5) is 5.69 Å². The summed E-state index contributed by atoms with van der Waals surface area (Å²) in [5.74, 6) is -0.262. The molecular formula is C20H25N3O2. The fourth-order valence-corrected chi connectivity index (χ4v) is 2.80. The van der Waals surface area contributed by atoms with E-state index in [1.165, 1.54) is 5.56 Å².